The third-order valence-corrected chi connectivity index (χ3v) is 5.22. The van der Waals surface area contributed by atoms with Gasteiger partial charge in [0.25, 0.3) is 0 Å². The van der Waals surface area contributed by atoms with Crippen LogP contribution >= 0.6 is 0 Å². The van der Waals surface area contributed by atoms with Crippen LogP contribution in [0.4, 0.5) is 0 Å². The smallest absolute Gasteiger partial charge is 0.139 e. The van der Waals surface area contributed by atoms with Gasteiger partial charge in [-0.1, -0.05) is 13.8 Å². The zero-order valence-corrected chi connectivity index (χ0v) is 10.9. The van der Waals surface area contributed by atoms with E-state index in [1.54, 1.807) is 0 Å². The summed E-state index contributed by atoms with van der Waals surface area (Å²) in [6.07, 6.45) is 7.70. The predicted octanol–water partition coefficient (Wildman–Crippen LogP) is 3.61. The van der Waals surface area contributed by atoms with Crippen molar-refractivity contribution in [1.29, 1.82) is 0 Å². The number of allylic oxidation sites excluding steroid dienone is 2. The molecule has 0 aromatic carbocycles. The molecule has 2 heteroatoms. The summed E-state index contributed by atoms with van der Waals surface area (Å²) in [5, 5.41) is 0. The van der Waals surface area contributed by atoms with E-state index >= 15 is 0 Å². The van der Waals surface area contributed by atoms with Gasteiger partial charge >= 0.3 is 0 Å². The zero-order chi connectivity index (χ0) is 12.0. The minimum Gasteiger partial charge on any atom is -0.495 e. The highest BCUT2D eigenvalue weighted by molar-refractivity contribution is 5.87. The van der Waals surface area contributed by atoms with Gasteiger partial charge in [0, 0.05) is 18.3 Å². The molecule has 0 saturated heterocycles. The van der Waals surface area contributed by atoms with E-state index in [0.717, 1.165) is 38.5 Å². The monoisotopic (exact) mass is 234 g/mol. The van der Waals surface area contributed by atoms with Gasteiger partial charge in [-0.15, -0.1) is 0 Å². The van der Waals surface area contributed by atoms with Crippen LogP contribution in [0.1, 0.15) is 58.8 Å². The number of hydrogen-bond donors (Lipinski definition) is 0. The summed E-state index contributed by atoms with van der Waals surface area (Å²) in [5.74, 6) is 2.24. The van der Waals surface area contributed by atoms with Gasteiger partial charge in [0.2, 0.25) is 0 Å². The second kappa shape index (κ2) is 3.86. The van der Waals surface area contributed by atoms with Gasteiger partial charge in [-0.3, -0.25) is 4.79 Å². The molecule has 1 fully saturated rings. The Hall–Kier alpha value is -0.790. The molecular weight excluding hydrogens is 212 g/mol. The lowest BCUT2D eigenvalue weighted by molar-refractivity contribution is -0.127. The summed E-state index contributed by atoms with van der Waals surface area (Å²) in [6.45, 7) is 4.38. The molecule has 17 heavy (non-hydrogen) atoms. The van der Waals surface area contributed by atoms with Crippen LogP contribution in [0.15, 0.2) is 11.3 Å². The van der Waals surface area contributed by atoms with E-state index in [4.69, 9.17) is 4.74 Å². The minimum atomic E-state index is -0.0543. The summed E-state index contributed by atoms with van der Waals surface area (Å²) in [4.78, 5) is 12.1. The standard InChI is InChI=1S/C15H22O2/c1-3-10-4-5-11-12-6-7-14(16)15(12,2)9-8-13(11)17-10/h10,12H,3-9H2,1-2H3/t10?,12-,15-/m1/s1. The molecule has 0 N–H and O–H groups in total. The molecule has 3 rings (SSSR count). The van der Waals surface area contributed by atoms with Crippen molar-refractivity contribution in [2.75, 3.05) is 0 Å². The lowest BCUT2D eigenvalue weighted by atomic mass is 9.66. The average molecular weight is 234 g/mol. The molecule has 0 amide bonds. The van der Waals surface area contributed by atoms with Crippen LogP contribution in [0.3, 0.4) is 0 Å². The number of hydrogen-bond acceptors (Lipinski definition) is 2. The molecule has 0 bridgehead atoms. The van der Waals surface area contributed by atoms with Crippen molar-refractivity contribution in [3.63, 3.8) is 0 Å². The summed E-state index contributed by atoms with van der Waals surface area (Å²) >= 11 is 0. The molecule has 1 saturated carbocycles. The summed E-state index contributed by atoms with van der Waals surface area (Å²) < 4.78 is 6.10. The van der Waals surface area contributed by atoms with E-state index in [1.807, 2.05) is 0 Å². The van der Waals surface area contributed by atoms with E-state index in [1.165, 1.54) is 17.8 Å². The number of fused-ring (bicyclic) bond motifs is 2. The van der Waals surface area contributed by atoms with Gasteiger partial charge in [-0.25, -0.2) is 0 Å². The van der Waals surface area contributed by atoms with Gasteiger partial charge < -0.3 is 4.74 Å². The SMILES string of the molecule is CCC1CCC2=C(CC[C@@]3(C)C(=O)CC[C@H]23)O1. The molecule has 0 aromatic heterocycles. The van der Waals surface area contributed by atoms with Crippen LogP contribution in [-0.2, 0) is 9.53 Å². The van der Waals surface area contributed by atoms with Crippen LogP contribution in [-0.4, -0.2) is 11.9 Å². The summed E-state index contributed by atoms with van der Waals surface area (Å²) in [7, 11) is 0. The molecule has 3 aliphatic rings. The van der Waals surface area contributed by atoms with Crippen LogP contribution in [0.25, 0.3) is 0 Å². The largest absolute Gasteiger partial charge is 0.495 e. The molecule has 2 aliphatic carbocycles. The normalized spacial score (nSPS) is 40.9. The van der Waals surface area contributed by atoms with E-state index in [9.17, 15) is 4.79 Å². The first-order valence-electron chi connectivity index (χ1n) is 7.07. The highest BCUT2D eigenvalue weighted by Gasteiger charge is 2.50. The van der Waals surface area contributed by atoms with Gasteiger partial charge in [-0.05, 0) is 43.6 Å². The molecule has 0 aromatic rings. The molecule has 94 valence electrons. The van der Waals surface area contributed by atoms with E-state index in [-0.39, 0.29) is 5.41 Å². The first-order chi connectivity index (χ1) is 8.15. The number of rotatable bonds is 1. The minimum absolute atomic E-state index is 0.0543. The fourth-order valence-corrected chi connectivity index (χ4v) is 3.99. The van der Waals surface area contributed by atoms with Crippen LogP contribution in [0, 0.1) is 11.3 Å². The van der Waals surface area contributed by atoms with Gasteiger partial charge in [0.05, 0.1) is 11.9 Å². The first kappa shape index (κ1) is 11.3. The Bertz CT molecular complexity index is 382. The third-order valence-electron chi connectivity index (χ3n) is 5.22. The van der Waals surface area contributed by atoms with Crippen molar-refractivity contribution < 1.29 is 9.53 Å². The average Bonchev–Trinajstić information content (AvgIpc) is 2.65. The van der Waals surface area contributed by atoms with E-state index in [0.29, 0.717) is 17.8 Å². The van der Waals surface area contributed by atoms with Crippen molar-refractivity contribution >= 4 is 5.78 Å². The van der Waals surface area contributed by atoms with Gasteiger partial charge in [-0.2, -0.15) is 0 Å². The maximum Gasteiger partial charge on any atom is 0.139 e. The van der Waals surface area contributed by atoms with E-state index < -0.39 is 0 Å². The fourth-order valence-electron chi connectivity index (χ4n) is 3.99. The Kier molecular flexibility index (Phi) is 2.57. The van der Waals surface area contributed by atoms with Crippen molar-refractivity contribution in [2.24, 2.45) is 11.3 Å². The molecule has 2 nitrogen and oxygen atoms in total. The lowest BCUT2D eigenvalue weighted by Crippen LogP contribution is -2.36. The summed E-state index contributed by atoms with van der Waals surface area (Å²) in [5.41, 5.74) is 1.44. The molecule has 1 aliphatic heterocycles. The quantitative estimate of drug-likeness (QED) is 0.693. The molecular formula is C15H22O2. The topological polar surface area (TPSA) is 26.3 Å². The highest BCUT2D eigenvalue weighted by Crippen LogP contribution is 2.54. The van der Waals surface area contributed by atoms with Gasteiger partial charge in [0.1, 0.15) is 5.78 Å². The Morgan fingerprint density at radius 2 is 2.12 bits per heavy atom. The van der Waals surface area contributed by atoms with Crippen molar-refractivity contribution in [3.8, 4) is 0 Å². The second-order valence-corrected chi connectivity index (χ2v) is 6.07. The maximum absolute atomic E-state index is 12.1. The number of ketones is 1. The van der Waals surface area contributed by atoms with Gasteiger partial charge in [0.15, 0.2) is 0 Å². The van der Waals surface area contributed by atoms with Crippen molar-refractivity contribution in [2.45, 2.75) is 64.9 Å². The lowest BCUT2D eigenvalue weighted by Gasteiger charge is -2.41. The second-order valence-electron chi connectivity index (χ2n) is 6.07. The number of carbonyl (C=O) groups excluding carboxylic acids is 1. The number of carbonyl (C=O) groups is 1. The Labute approximate surface area is 103 Å². The molecule has 1 heterocycles. The van der Waals surface area contributed by atoms with Crippen LogP contribution in [0.2, 0.25) is 0 Å². The van der Waals surface area contributed by atoms with Crippen LogP contribution < -0.4 is 0 Å². The Balaban J connectivity index is 1.91. The molecule has 1 unspecified atom stereocenters. The third kappa shape index (κ3) is 1.56. The zero-order valence-electron chi connectivity index (χ0n) is 10.9. The summed E-state index contributed by atoms with van der Waals surface area (Å²) in [6, 6.07) is 0. The maximum atomic E-state index is 12.1. The first-order valence-corrected chi connectivity index (χ1v) is 7.07. The Morgan fingerprint density at radius 3 is 2.88 bits per heavy atom. The van der Waals surface area contributed by atoms with E-state index in [2.05, 4.69) is 13.8 Å². The molecule has 0 spiro atoms. The molecule has 0 radical (unpaired) electrons. The fraction of sp³-hybridized carbons (Fsp3) is 0.800. The van der Waals surface area contributed by atoms with Crippen molar-refractivity contribution in [1.82, 2.24) is 0 Å². The number of Topliss-reactive ketones (excluding diaryl/α,β-unsaturated/α-hetero) is 1. The predicted molar refractivity (Wildman–Crippen MR) is 66.5 cm³/mol. The van der Waals surface area contributed by atoms with Crippen molar-refractivity contribution in [3.05, 3.63) is 11.3 Å². The number of ether oxygens (including phenoxy) is 1. The van der Waals surface area contributed by atoms with Crippen LogP contribution in [0.5, 0.6) is 0 Å². The molecule has 3 atom stereocenters. The Morgan fingerprint density at radius 1 is 1.29 bits per heavy atom. The highest BCUT2D eigenvalue weighted by atomic mass is 16.5.